The van der Waals surface area contributed by atoms with Crippen molar-refractivity contribution in [3.8, 4) is 0 Å². The quantitative estimate of drug-likeness (QED) is 0.679. The number of nitrogens with zero attached hydrogens (tertiary/aromatic N) is 2. The Labute approximate surface area is 97.2 Å². The molecule has 0 spiro atoms. The molecule has 1 unspecified atom stereocenters. The van der Waals surface area contributed by atoms with E-state index < -0.39 is 5.60 Å². The molecule has 4 nitrogen and oxygen atoms in total. The number of rotatable bonds is 0. The number of β-amino-alcohol motifs (C(OH)–C–C–N with tert-alkyl or cyclic N) is 1. The van der Waals surface area contributed by atoms with Crippen LogP contribution in [0.4, 0.5) is 4.79 Å². The maximum Gasteiger partial charge on any atom is 0.320 e. The highest BCUT2D eigenvalue weighted by Crippen LogP contribution is 2.22. The smallest absolute Gasteiger partial charge is 0.320 e. The number of hydrogen-bond acceptors (Lipinski definition) is 2. The van der Waals surface area contributed by atoms with Gasteiger partial charge in [-0.25, -0.2) is 4.79 Å². The summed E-state index contributed by atoms with van der Waals surface area (Å²) in [7, 11) is 0. The summed E-state index contributed by atoms with van der Waals surface area (Å²) >= 11 is 0. The SMILES string of the molecule is CC1(O)CCCN(C(=O)N2CCCCC2)C1. The van der Waals surface area contributed by atoms with Crippen LogP contribution in [-0.2, 0) is 0 Å². The minimum absolute atomic E-state index is 0.125. The summed E-state index contributed by atoms with van der Waals surface area (Å²) in [5, 5.41) is 9.98. The summed E-state index contributed by atoms with van der Waals surface area (Å²) < 4.78 is 0. The van der Waals surface area contributed by atoms with E-state index in [-0.39, 0.29) is 6.03 Å². The van der Waals surface area contributed by atoms with Crippen LogP contribution in [0.1, 0.15) is 39.0 Å². The van der Waals surface area contributed by atoms with Crippen LogP contribution in [0, 0.1) is 0 Å². The first-order valence-electron chi connectivity index (χ1n) is 6.35. The van der Waals surface area contributed by atoms with Gasteiger partial charge < -0.3 is 14.9 Å². The van der Waals surface area contributed by atoms with Crippen LogP contribution >= 0.6 is 0 Å². The van der Waals surface area contributed by atoms with E-state index in [9.17, 15) is 9.90 Å². The average Bonchev–Trinajstić information content (AvgIpc) is 2.28. The molecule has 0 radical (unpaired) electrons. The average molecular weight is 226 g/mol. The summed E-state index contributed by atoms with van der Waals surface area (Å²) in [4.78, 5) is 15.9. The van der Waals surface area contributed by atoms with E-state index in [0.29, 0.717) is 6.54 Å². The maximum atomic E-state index is 12.2. The number of amides is 2. The molecular formula is C12H22N2O2. The number of aliphatic hydroxyl groups is 1. The van der Waals surface area contributed by atoms with Gasteiger partial charge in [0.25, 0.3) is 0 Å². The summed E-state index contributed by atoms with van der Waals surface area (Å²) in [5.41, 5.74) is -0.691. The van der Waals surface area contributed by atoms with E-state index in [0.717, 1.165) is 45.3 Å². The van der Waals surface area contributed by atoms with Gasteiger partial charge >= 0.3 is 6.03 Å². The van der Waals surface area contributed by atoms with E-state index in [1.54, 1.807) is 0 Å². The molecule has 0 aliphatic carbocycles. The van der Waals surface area contributed by atoms with Gasteiger partial charge in [0.1, 0.15) is 0 Å². The second-order valence-corrected chi connectivity index (χ2v) is 5.35. The van der Waals surface area contributed by atoms with Gasteiger partial charge in [-0.15, -0.1) is 0 Å². The third kappa shape index (κ3) is 2.67. The van der Waals surface area contributed by atoms with Crippen molar-refractivity contribution < 1.29 is 9.90 Å². The zero-order valence-corrected chi connectivity index (χ0v) is 10.1. The van der Waals surface area contributed by atoms with Gasteiger partial charge in [-0.2, -0.15) is 0 Å². The largest absolute Gasteiger partial charge is 0.388 e. The molecule has 0 aromatic carbocycles. The molecule has 1 atom stereocenters. The first-order chi connectivity index (χ1) is 7.58. The van der Waals surface area contributed by atoms with Gasteiger partial charge in [0.05, 0.1) is 12.1 Å². The number of urea groups is 1. The van der Waals surface area contributed by atoms with Gasteiger partial charge in [0.15, 0.2) is 0 Å². The van der Waals surface area contributed by atoms with Crippen LogP contribution in [0.3, 0.4) is 0 Å². The normalized spacial score (nSPS) is 31.6. The van der Waals surface area contributed by atoms with Crippen molar-refractivity contribution in [1.29, 1.82) is 0 Å². The molecule has 0 aromatic heterocycles. The van der Waals surface area contributed by atoms with Gasteiger partial charge in [-0.05, 0) is 39.0 Å². The Morgan fingerprint density at radius 2 is 1.69 bits per heavy atom. The number of carbonyl (C=O) groups is 1. The molecular weight excluding hydrogens is 204 g/mol. The fourth-order valence-corrected chi connectivity index (χ4v) is 2.67. The molecule has 4 heteroatoms. The van der Waals surface area contributed by atoms with Crippen LogP contribution < -0.4 is 0 Å². The molecule has 2 aliphatic heterocycles. The minimum atomic E-state index is -0.691. The zero-order valence-electron chi connectivity index (χ0n) is 10.1. The van der Waals surface area contributed by atoms with Crippen molar-refractivity contribution in [2.24, 2.45) is 0 Å². The highest BCUT2D eigenvalue weighted by atomic mass is 16.3. The summed E-state index contributed by atoms with van der Waals surface area (Å²) in [6, 6.07) is 0.125. The predicted molar refractivity (Wildman–Crippen MR) is 62.3 cm³/mol. The number of piperidine rings is 2. The Morgan fingerprint density at radius 3 is 2.31 bits per heavy atom. The monoisotopic (exact) mass is 226 g/mol. The van der Waals surface area contributed by atoms with Crippen molar-refractivity contribution >= 4 is 6.03 Å². The number of likely N-dealkylation sites (tertiary alicyclic amines) is 2. The highest BCUT2D eigenvalue weighted by molar-refractivity contribution is 5.74. The van der Waals surface area contributed by atoms with Crippen molar-refractivity contribution in [2.75, 3.05) is 26.2 Å². The van der Waals surface area contributed by atoms with E-state index in [4.69, 9.17) is 0 Å². The molecule has 92 valence electrons. The van der Waals surface area contributed by atoms with Crippen LogP contribution in [0.2, 0.25) is 0 Å². The standard InChI is InChI=1S/C12H22N2O2/c1-12(16)6-5-9-14(10-12)11(15)13-7-3-2-4-8-13/h16H,2-10H2,1H3. The Bertz CT molecular complexity index is 260. The summed E-state index contributed by atoms with van der Waals surface area (Å²) in [6.07, 6.45) is 5.19. The van der Waals surface area contributed by atoms with Gasteiger partial charge in [-0.1, -0.05) is 0 Å². The highest BCUT2D eigenvalue weighted by Gasteiger charge is 2.33. The Balaban J connectivity index is 1.93. The zero-order chi connectivity index (χ0) is 11.6. The number of hydrogen-bond donors (Lipinski definition) is 1. The van der Waals surface area contributed by atoms with Gasteiger partial charge in [0, 0.05) is 19.6 Å². The Kier molecular flexibility index (Phi) is 3.38. The van der Waals surface area contributed by atoms with Crippen molar-refractivity contribution in [1.82, 2.24) is 9.80 Å². The summed E-state index contributed by atoms with van der Waals surface area (Å²) in [5.74, 6) is 0. The molecule has 2 rings (SSSR count). The van der Waals surface area contributed by atoms with Crippen LogP contribution in [0.15, 0.2) is 0 Å². The van der Waals surface area contributed by atoms with Crippen molar-refractivity contribution in [2.45, 2.75) is 44.6 Å². The van der Waals surface area contributed by atoms with E-state index in [1.807, 2.05) is 16.7 Å². The fourth-order valence-electron chi connectivity index (χ4n) is 2.67. The first kappa shape index (κ1) is 11.7. The molecule has 2 heterocycles. The molecule has 2 aliphatic rings. The second kappa shape index (κ2) is 4.62. The molecule has 2 fully saturated rings. The molecule has 1 N–H and O–H groups in total. The molecule has 16 heavy (non-hydrogen) atoms. The minimum Gasteiger partial charge on any atom is -0.388 e. The molecule has 0 bridgehead atoms. The number of carbonyl (C=O) groups excluding carboxylic acids is 1. The Hall–Kier alpha value is -0.770. The molecule has 2 saturated heterocycles. The first-order valence-corrected chi connectivity index (χ1v) is 6.35. The molecule has 0 aromatic rings. The van der Waals surface area contributed by atoms with E-state index in [1.165, 1.54) is 6.42 Å². The third-order valence-corrected chi connectivity index (χ3v) is 3.57. The fraction of sp³-hybridized carbons (Fsp3) is 0.917. The van der Waals surface area contributed by atoms with Crippen molar-refractivity contribution in [3.63, 3.8) is 0 Å². The van der Waals surface area contributed by atoms with Crippen LogP contribution in [-0.4, -0.2) is 52.7 Å². The van der Waals surface area contributed by atoms with Crippen molar-refractivity contribution in [3.05, 3.63) is 0 Å². The third-order valence-electron chi connectivity index (χ3n) is 3.57. The Morgan fingerprint density at radius 1 is 1.06 bits per heavy atom. The molecule has 2 amide bonds. The maximum absolute atomic E-state index is 12.2. The second-order valence-electron chi connectivity index (χ2n) is 5.35. The topological polar surface area (TPSA) is 43.8 Å². The van der Waals surface area contributed by atoms with Crippen LogP contribution in [0.25, 0.3) is 0 Å². The predicted octanol–water partition coefficient (Wildman–Crippen LogP) is 1.44. The lowest BCUT2D eigenvalue weighted by atomic mass is 9.95. The molecule has 0 saturated carbocycles. The van der Waals surface area contributed by atoms with Gasteiger partial charge in [0.2, 0.25) is 0 Å². The lowest BCUT2D eigenvalue weighted by Gasteiger charge is -2.40. The summed E-state index contributed by atoms with van der Waals surface area (Å²) in [6.45, 7) is 4.88. The van der Waals surface area contributed by atoms with E-state index >= 15 is 0 Å². The van der Waals surface area contributed by atoms with Gasteiger partial charge in [-0.3, -0.25) is 0 Å². The van der Waals surface area contributed by atoms with E-state index in [2.05, 4.69) is 0 Å². The lowest BCUT2D eigenvalue weighted by molar-refractivity contribution is -0.00824. The van der Waals surface area contributed by atoms with Crippen LogP contribution in [0.5, 0.6) is 0 Å². The lowest BCUT2D eigenvalue weighted by Crippen LogP contribution is -2.53.